The molecule has 0 saturated carbocycles. The number of halogens is 3. The molecular weight excluding hydrogens is 397 g/mol. The molecule has 0 aliphatic carbocycles. The van der Waals surface area contributed by atoms with Gasteiger partial charge in [0.2, 0.25) is 5.91 Å². The number of nitrogens with one attached hydrogen (secondary N) is 1. The number of hydrazone groups is 1. The van der Waals surface area contributed by atoms with Crippen molar-refractivity contribution in [3.05, 3.63) is 46.2 Å². The lowest BCUT2D eigenvalue weighted by Gasteiger charge is -2.11. The van der Waals surface area contributed by atoms with Crippen molar-refractivity contribution < 1.29 is 32.2 Å². The minimum absolute atomic E-state index is 0.189. The van der Waals surface area contributed by atoms with E-state index in [1.807, 2.05) is 5.43 Å². The molecule has 0 spiro atoms. The van der Waals surface area contributed by atoms with Crippen LogP contribution in [-0.2, 0) is 11.2 Å². The number of carbonyl (C=O) groups is 2. The molecule has 0 saturated heterocycles. The lowest BCUT2D eigenvalue weighted by Crippen LogP contribution is -2.30. The predicted molar refractivity (Wildman–Crippen MR) is 98.1 cm³/mol. The molecule has 6 nitrogen and oxygen atoms in total. The number of ether oxygens (including phenoxy) is 2. The fourth-order valence-corrected chi connectivity index (χ4v) is 2.89. The third kappa shape index (κ3) is 5.81. The van der Waals surface area contributed by atoms with Crippen LogP contribution < -0.4 is 14.9 Å². The van der Waals surface area contributed by atoms with Crippen molar-refractivity contribution in [3.63, 3.8) is 0 Å². The molecule has 1 amide bonds. The molecule has 150 valence electrons. The average molecular weight is 414 g/mol. The molecule has 0 aliphatic heterocycles. The second-order valence-corrected chi connectivity index (χ2v) is 6.48. The lowest BCUT2D eigenvalue weighted by molar-refractivity contribution is -0.120. The van der Waals surface area contributed by atoms with E-state index in [2.05, 4.69) is 5.10 Å². The smallest absolute Gasteiger partial charge is 0.431 e. The highest BCUT2D eigenvalue weighted by Crippen LogP contribution is 2.27. The fraction of sp³-hybridized carbons (Fsp3) is 0.278. The van der Waals surface area contributed by atoms with Gasteiger partial charge in [0.25, 0.3) is 0 Å². The summed E-state index contributed by atoms with van der Waals surface area (Å²) in [4.78, 5) is 24.1. The molecule has 0 aliphatic rings. The molecule has 0 unspecified atom stereocenters. The molecule has 2 aromatic rings. The number of rotatable bonds is 8. The molecule has 1 N–H and O–H groups in total. The van der Waals surface area contributed by atoms with Gasteiger partial charge in [-0.15, -0.1) is 11.3 Å². The summed E-state index contributed by atoms with van der Waals surface area (Å²) in [5.41, 5.74) is 0.988. The molecule has 28 heavy (non-hydrogen) atoms. The standard InChI is InChI=1S/C18H17F3N2O4S/c1-26-13-6-5-11(8-14(13)27-2)9-17(25)23-22-16(18(19,20)21)10-12(24)15-4-3-7-28-15/h3-8H,9-10H2,1-2H3,(H,23,25)/b22-16+. The van der Waals surface area contributed by atoms with E-state index in [4.69, 9.17) is 9.47 Å². The Hall–Kier alpha value is -2.88. The molecule has 1 aromatic carbocycles. The van der Waals surface area contributed by atoms with Gasteiger partial charge in [0.1, 0.15) is 5.71 Å². The summed E-state index contributed by atoms with van der Waals surface area (Å²) in [6, 6.07) is 7.68. The Kier molecular flexibility index (Phi) is 7.16. The number of amides is 1. The first-order valence-corrected chi connectivity index (χ1v) is 8.82. The zero-order valence-corrected chi connectivity index (χ0v) is 15.8. The number of ketones is 1. The highest BCUT2D eigenvalue weighted by atomic mass is 32.1. The van der Waals surface area contributed by atoms with Gasteiger partial charge in [-0.3, -0.25) is 9.59 Å². The number of Topliss-reactive ketones (excluding diaryl/α,β-unsaturated/α-hetero) is 1. The third-order valence-electron chi connectivity index (χ3n) is 3.58. The van der Waals surface area contributed by atoms with Crippen LogP contribution in [0.15, 0.2) is 40.8 Å². The summed E-state index contributed by atoms with van der Waals surface area (Å²) >= 11 is 1.03. The Bertz CT molecular complexity index is 864. The quantitative estimate of drug-likeness (QED) is 0.407. The summed E-state index contributed by atoms with van der Waals surface area (Å²) in [7, 11) is 2.88. The Labute approximate surface area is 163 Å². The Balaban J connectivity index is 2.07. The summed E-state index contributed by atoms with van der Waals surface area (Å²) in [5.74, 6) is -0.650. The largest absolute Gasteiger partial charge is 0.493 e. The van der Waals surface area contributed by atoms with Crippen LogP contribution in [0, 0.1) is 0 Å². The highest BCUT2D eigenvalue weighted by molar-refractivity contribution is 7.12. The van der Waals surface area contributed by atoms with Crippen LogP contribution in [0.4, 0.5) is 13.2 Å². The van der Waals surface area contributed by atoms with Crippen molar-refractivity contribution in [2.24, 2.45) is 5.10 Å². The van der Waals surface area contributed by atoms with Crippen molar-refractivity contribution in [1.82, 2.24) is 5.43 Å². The Morgan fingerprint density at radius 2 is 1.86 bits per heavy atom. The van der Waals surface area contributed by atoms with Crippen molar-refractivity contribution >= 4 is 28.7 Å². The van der Waals surface area contributed by atoms with E-state index in [0.29, 0.717) is 17.1 Å². The zero-order valence-electron chi connectivity index (χ0n) is 15.0. The van der Waals surface area contributed by atoms with Gasteiger partial charge in [-0.1, -0.05) is 12.1 Å². The SMILES string of the molecule is COc1ccc(CC(=O)N/N=C(\CC(=O)c2cccs2)C(F)(F)F)cc1OC. The topological polar surface area (TPSA) is 77.0 Å². The van der Waals surface area contributed by atoms with E-state index in [-0.39, 0.29) is 11.3 Å². The number of benzene rings is 1. The van der Waals surface area contributed by atoms with Gasteiger partial charge in [-0.25, -0.2) is 5.43 Å². The van der Waals surface area contributed by atoms with Crippen molar-refractivity contribution in [3.8, 4) is 11.5 Å². The molecule has 0 radical (unpaired) electrons. The van der Waals surface area contributed by atoms with Crippen molar-refractivity contribution in [2.75, 3.05) is 14.2 Å². The maximum atomic E-state index is 13.1. The van der Waals surface area contributed by atoms with Gasteiger partial charge in [0.05, 0.1) is 31.9 Å². The number of thiophene rings is 1. The number of carbonyl (C=O) groups excluding carboxylic acids is 2. The highest BCUT2D eigenvalue weighted by Gasteiger charge is 2.37. The van der Waals surface area contributed by atoms with Crippen LogP contribution in [0.2, 0.25) is 0 Å². The molecule has 0 fully saturated rings. The lowest BCUT2D eigenvalue weighted by atomic mass is 10.1. The third-order valence-corrected chi connectivity index (χ3v) is 4.49. The average Bonchev–Trinajstić information content (AvgIpc) is 3.18. The van der Waals surface area contributed by atoms with E-state index in [0.717, 1.165) is 11.3 Å². The summed E-state index contributed by atoms with van der Waals surface area (Å²) in [6.07, 6.45) is -6.03. The van der Waals surface area contributed by atoms with E-state index >= 15 is 0 Å². The molecule has 0 atom stereocenters. The first kappa shape index (κ1) is 21.4. The van der Waals surface area contributed by atoms with Gasteiger partial charge < -0.3 is 9.47 Å². The van der Waals surface area contributed by atoms with Crippen molar-refractivity contribution in [1.29, 1.82) is 0 Å². The number of hydrogen-bond donors (Lipinski definition) is 1. The van der Waals surface area contributed by atoms with E-state index in [1.54, 1.807) is 23.6 Å². The maximum Gasteiger partial charge on any atom is 0.431 e. The molecule has 2 rings (SSSR count). The van der Waals surface area contributed by atoms with Crippen LogP contribution in [0.5, 0.6) is 11.5 Å². The summed E-state index contributed by atoms with van der Waals surface area (Å²) in [6.45, 7) is 0. The first-order chi connectivity index (χ1) is 13.2. The van der Waals surface area contributed by atoms with E-state index in [1.165, 1.54) is 26.4 Å². The molecule has 1 heterocycles. The van der Waals surface area contributed by atoms with Gasteiger partial charge in [0, 0.05) is 0 Å². The van der Waals surface area contributed by atoms with E-state index in [9.17, 15) is 22.8 Å². The van der Waals surface area contributed by atoms with Crippen LogP contribution in [0.1, 0.15) is 21.7 Å². The van der Waals surface area contributed by atoms with Crippen LogP contribution in [0.25, 0.3) is 0 Å². The molecule has 1 aromatic heterocycles. The summed E-state index contributed by atoms with van der Waals surface area (Å²) < 4.78 is 49.5. The molecular formula is C18H17F3N2O4S. The van der Waals surface area contributed by atoms with Gasteiger partial charge in [-0.2, -0.15) is 18.3 Å². The maximum absolute atomic E-state index is 13.1. The minimum Gasteiger partial charge on any atom is -0.493 e. The van der Waals surface area contributed by atoms with Crippen LogP contribution in [0.3, 0.4) is 0 Å². The Morgan fingerprint density at radius 3 is 2.43 bits per heavy atom. The normalized spacial score (nSPS) is 11.8. The van der Waals surface area contributed by atoms with E-state index < -0.39 is 30.0 Å². The summed E-state index contributed by atoms with van der Waals surface area (Å²) in [5, 5.41) is 4.72. The first-order valence-electron chi connectivity index (χ1n) is 7.94. The Morgan fingerprint density at radius 1 is 1.14 bits per heavy atom. The minimum atomic E-state index is -4.84. The van der Waals surface area contributed by atoms with Crippen LogP contribution >= 0.6 is 11.3 Å². The zero-order chi connectivity index (χ0) is 20.7. The number of nitrogens with zero attached hydrogens (tertiary/aromatic N) is 1. The second-order valence-electron chi connectivity index (χ2n) is 5.53. The monoisotopic (exact) mass is 414 g/mol. The van der Waals surface area contributed by atoms with Crippen LogP contribution in [-0.4, -0.2) is 37.8 Å². The molecule has 0 bridgehead atoms. The number of alkyl halides is 3. The van der Waals surface area contributed by atoms with Gasteiger partial charge in [0.15, 0.2) is 17.3 Å². The van der Waals surface area contributed by atoms with Gasteiger partial charge >= 0.3 is 6.18 Å². The number of hydrogen-bond acceptors (Lipinski definition) is 6. The predicted octanol–water partition coefficient (Wildman–Crippen LogP) is 3.62. The fourth-order valence-electron chi connectivity index (χ4n) is 2.22. The number of methoxy groups -OCH3 is 2. The van der Waals surface area contributed by atoms with Gasteiger partial charge in [-0.05, 0) is 29.1 Å². The second kappa shape index (κ2) is 9.36. The molecule has 10 heteroatoms. The van der Waals surface area contributed by atoms with Crippen molar-refractivity contribution in [2.45, 2.75) is 19.0 Å².